The monoisotopic (exact) mass is 283 g/mol. The fourth-order valence-electron chi connectivity index (χ4n) is 2.27. The second kappa shape index (κ2) is 6.18. The molecule has 0 bridgehead atoms. The van der Waals surface area contributed by atoms with Gasteiger partial charge in [0, 0.05) is 18.9 Å². The lowest BCUT2D eigenvalue weighted by Crippen LogP contribution is -2.13. The van der Waals surface area contributed by atoms with Crippen molar-refractivity contribution < 1.29 is 0 Å². The minimum absolute atomic E-state index is 0.735. The van der Waals surface area contributed by atoms with E-state index in [1.54, 1.807) is 12.4 Å². The van der Waals surface area contributed by atoms with Crippen molar-refractivity contribution in [2.24, 2.45) is 5.92 Å². The third kappa shape index (κ3) is 3.74. The summed E-state index contributed by atoms with van der Waals surface area (Å²) in [6, 6.07) is 0. The van der Waals surface area contributed by atoms with E-state index in [2.05, 4.69) is 31.2 Å². The maximum Gasteiger partial charge on any atom is 0.222 e. The number of nitrogens with one attached hydrogen (secondary N) is 1. The molecule has 0 aliphatic heterocycles. The van der Waals surface area contributed by atoms with Crippen LogP contribution in [0.4, 0.5) is 5.95 Å². The van der Waals surface area contributed by atoms with Crippen LogP contribution >= 0.6 is 15.9 Å². The largest absolute Gasteiger partial charge is 0.354 e. The van der Waals surface area contributed by atoms with Crippen molar-refractivity contribution >= 4 is 21.9 Å². The first-order chi connectivity index (χ1) is 7.84. The van der Waals surface area contributed by atoms with Crippen molar-refractivity contribution in [3.05, 3.63) is 16.9 Å². The Balaban J connectivity index is 1.69. The summed E-state index contributed by atoms with van der Waals surface area (Å²) in [4.78, 5) is 8.38. The van der Waals surface area contributed by atoms with Crippen molar-refractivity contribution in [1.29, 1.82) is 0 Å². The van der Waals surface area contributed by atoms with Gasteiger partial charge in [0.25, 0.3) is 0 Å². The quantitative estimate of drug-likeness (QED) is 0.917. The minimum Gasteiger partial charge on any atom is -0.354 e. The van der Waals surface area contributed by atoms with Crippen molar-refractivity contribution in [1.82, 2.24) is 9.97 Å². The Bertz CT molecular complexity index is 307. The molecule has 1 aliphatic carbocycles. The number of aromatic nitrogens is 2. The van der Waals surface area contributed by atoms with E-state index < -0.39 is 0 Å². The van der Waals surface area contributed by atoms with Gasteiger partial charge in [-0.1, -0.05) is 32.1 Å². The maximum absolute atomic E-state index is 4.19. The number of halogens is 1. The van der Waals surface area contributed by atoms with E-state index >= 15 is 0 Å². The van der Waals surface area contributed by atoms with Crippen LogP contribution in [0.15, 0.2) is 16.9 Å². The molecule has 2 rings (SSSR count). The minimum atomic E-state index is 0.735. The van der Waals surface area contributed by atoms with Gasteiger partial charge in [0.1, 0.15) is 0 Å². The van der Waals surface area contributed by atoms with Crippen LogP contribution in [0.5, 0.6) is 0 Å². The Morgan fingerprint density at radius 2 is 1.88 bits per heavy atom. The summed E-state index contributed by atoms with van der Waals surface area (Å²) in [5, 5.41) is 3.28. The second-order valence-corrected chi connectivity index (χ2v) is 5.36. The second-order valence-electron chi connectivity index (χ2n) is 4.44. The Hall–Kier alpha value is -0.640. The Morgan fingerprint density at radius 1 is 1.19 bits per heavy atom. The third-order valence-corrected chi connectivity index (χ3v) is 3.59. The normalized spacial score (nSPS) is 17.3. The van der Waals surface area contributed by atoms with Crippen LogP contribution < -0.4 is 5.32 Å². The first kappa shape index (κ1) is 11.8. The number of anilines is 1. The molecule has 0 unspecified atom stereocenters. The van der Waals surface area contributed by atoms with E-state index in [0.29, 0.717) is 0 Å². The highest BCUT2D eigenvalue weighted by molar-refractivity contribution is 9.10. The lowest BCUT2D eigenvalue weighted by atomic mass is 9.87. The Labute approximate surface area is 105 Å². The van der Waals surface area contributed by atoms with E-state index in [1.807, 2.05) is 0 Å². The summed E-state index contributed by atoms with van der Waals surface area (Å²) >= 11 is 3.32. The lowest BCUT2D eigenvalue weighted by Gasteiger charge is -2.21. The summed E-state index contributed by atoms with van der Waals surface area (Å²) in [6.45, 7) is 0.992. The molecule has 1 saturated carbocycles. The molecule has 1 fully saturated rings. The summed E-state index contributed by atoms with van der Waals surface area (Å²) in [6.07, 6.45) is 11.9. The molecule has 0 atom stereocenters. The predicted octanol–water partition coefficient (Wildman–Crippen LogP) is 3.62. The standard InChI is InChI=1S/C12H18BrN3/c13-11-8-15-12(16-9-11)14-7-6-10-4-2-1-3-5-10/h8-10H,1-7H2,(H,14,15,16). The molecule has 0 aromatic carbocycles. The van der Waals surface area contributed by atoms with E-state index in [1.165, 1.54) is 38.5 Å². The molecule has 1 N–H and O–H groups in total. The van der Waals surface area contributed by atoms with Crippen molar-refractivity contribution in [2.45, 2.75) is 38.5 Å². The van der Waals surface area contributed by atoms with Crippen LogP contribution in [-0.2, 0) is 0 Å². The van der Waals surface area contributed by atoms with E-state index in [0.717, 1.165) is 22.9 Å². The molecule has 88 valence electrons. The Kier molecular flexibility index (Phi) is 4.57. The van der Waals surface area contributed by atoms with Crippen LogP contribution in [0.2, 0.25) is 0 Å². The van der Waals surface area contributed by atoms with Gasteiger partial charge in [0.05, 0.1) is 4.47 Å². The zero-order valence-corrected chi connectivity index (χ0v) is 11.0. The molecule has 1 aromatic heterocycles. The molecule has 1 aliphatic rings. The summed E-state index contributed by atoms with van der Waals surface area (Å²) in [5.41, 5.74) is 0. The van der Waals surface area contributed by atoms with Crippen LogP contribution in [0.3, 0.4) is 0 Å². The van der Waals surface area contributed by atoms with Gasteiger partial charge in [-0.05, 0) is 28.3 Å². The number of hydrogen-bond acceptors (Lipinski definition) is 3. The molecule has 16 heavy (non-hydrogen) atoms. The average Bonchev–Trinajstić information content (AvgIpc) is 2.33. The zero-order valence-electron chi connectivity index (χ0n) is 9.45. The van der Waals surface area contributed by atoms with Crippen LogP contribution in [-0.4, -0.2) is 16.5 Å². The van der Waals surface area contributed by atoms with Gasteiger partial charge >= 0.3 is 0 Å². The van der Waals surface area contributed by atoms with Crippen LogP contribution in [0.25, 0.3) is 0 Å². The van der Waals surface area contributed by atoms with E-state index in [4.69, 9.17) is 0 Å². The predicted molar refractivity (Wildman–Crippen MR) is 69.4 cm³/mol. The molecule has 4 heteroatoms. The molecular weight excluding hydrogens is 266 g/mol. The van der Waals surface area contributed by atoms with Gasteiger partial charge < -0.3 is 5.32 Å². The van der Waals surface area contributed by atoms with Gasteiger partial charge in [-0.3, -0.25) is 0 Å². The fourth-order valence-corrected chi connectivity index (χ4v) is 2.47. The van der Waals surface area contributed by atoms with Crippen molar-refractivity contribution in [2.75, 3.05) is 11.9 Å². The Morgan fingerprint density at radius 3 is 2.56 bits per heavy atom. The van der Waals surface area contributed by atoms with Gasteiger partial charge in [-0.25, -0.2) is 9.97 Å². The summed E-state index contributed by atoms with van der Waals surface area (Å²) in [7, 11) is 0. The number of nitrogens with zero attached hydrogens (tertiary/aromatic N) is 2. The van der Waals surface area contributed by atoms with Crippen LogP contribution in [0, 0.1) is 5.92 Å². The van der Waals surface area contributed by atoms with Gasteiger partial charge in [0.15, 0.2) is 0 Å². The first-order valence-electron chi connectivity index (χ1n) is 6.06. The molecular formula is C12H18BrN3. The molecule has 0 spiro atoms. The highest BCUT2D eigenvalue weighted by Crippen LogP contribution is 2.25. The molecule has 0 radical (unpaired) electrons. The van der Waals surface area contributed by atoms with Crippen molar-refractivity contribution in [3.8, 4) is 0 Å². The zero-order chi connectivity index (χ0) is 11.2. The third-order valence-electron chi connectivity index (χ3n) is 3.18. The SMILES string of the molecule is Brc1cnc(NCCC2CCCCC2)nc1. The summed E-state index contributed by atoms with van der Waals surface area (Å²) < 4.78 is 0.922. The molecule has 1 heterocycles. The molecule has 3 nitrogen and oxygen atoms in total. The fraction of sp³-hybridized carbons (Fsp3) is 0.667. The molecule has 0 saturated heterocycles. The van der Waals surface area contributed by atoms with E-state index in [9.17, 15) is 0 Å². The average molecular weight is 284 g/mol. The summed E-state index contributed by atoms with van der Waals surface area (Å²) in [5.74, 6) is 1.65. The van der Waals surface area contributed by atoms with Gasteiger partial charge in [-0.2, -0.15) is 0 Å². The van der Waals surface area contributed by atoms with Gasteiger partial charge in [-0.15, -0.1) is 0 Å². The highest BCUT2D eigenvalue weighted by atomic mass is 79.9. The number of rotatable bonds is 4. The molecule has 0 amide bonds. The maximum atomic E-state index is 4.19. The van der Waals surface area contributed by atoms with Crippen LogP contribution in [0.1, 0.15) is 38.5 Å². The lowest BCUT2D eigenvalue weighted by molar-refractivity contribution is 0.345. The topological polar surface area (TPSA) is 37.8 Å². The smallest absolute Gasteiger partial charge is 0.222 e. The van der Waals surface area contributed by atoms with E-state index in [-0.39, 0.29) is 0 Å². The highest BCUT2D eigenvalue weighted by Gasteiger charge is 2.12. The van der Waals surface area contributed by atoms with Gasteiger partial charge in [0.2, 0.25) is 5.95 Å². The molecule has 1 aromatic rings. The van der Waals surface area contributed by atoms with Crippen molar-refractivity contribution in [3.63, 3.8) is 0 Å². The number of hydrogen-bond donors (Lipinski definition) is 1. The first-order valence-corrected chi connectivity index (χ1v) is 6.85.